The molecule has 1 heterocycles. The highest BCUT2D eigenvalue weighted by Crippen LogP contribution is 2.26. The van der Waals surface area contributed by atoms with Crippen LogP contribution in [0.1, 0.15) is 6.92 Å². The van der Waals surface area contributed by atoms with Crippen molar-refractivity contribution in [3.63, 3.8) is 0 Å². The van der Waals surface area contributed by atoms with E-state index in [9.17, 15) is 0 Å². The van der Waals surface area contributed by atoms with Gasteiger partial charge in [0.25, 0.3) is 6.01 Å². The van der Waals surface area contributed by atoms with E-state index in [0.717, 1.165) is 0 Å². The number of rotatable bonds is 2. The molecule has 10 heavy (non-hydrogen) atoms. The minimum Gasteiger partial charge on any atom is -0.477 e. The largest absolute Gasteiger partial charge is 0.477 e. The number of ether oxygens (including phenoxy) is 1. The number of aromatic hydroxyl groups is 1. The van der Waals surface area contributed by atoms with Crippen molar-refractivity contribution < 1.29 is 14.3 Å². The number of anilines is 1. The Kier molecular flexibility index (Phi) is 1.66. The van der Waals surface area contributed by atoms with Crippen molar-refractivity contribution in [3.8, 4) is 11.8 Å². The summed E-state index contributed by atoms with van der Waals surface area (Å²) in [5.41, 5.74) is 5.09. The first-order chi connectivity index (χ1) is 4.74. The van der Waals surface area contributed by atoms with E-state index in [2.05, 4.69) is 9.40 Å². The van der Waals surface area contributed by atoms with Gasteiger partial charge in [-0.1, -0.05) is 0 Å². The molecule has 1 rings (SSSR count). The van der Waals surface area contributed by atoms with E-state index in [4.69, 9.17) is 15.6 Å². The number of oxazole rings is 1. The minimum atomic E-state index is -0.376. The Labute approximate surface area is 57.4 Å². The second-order valence-corrected chi connectivity index (χ2v) is 1.60. The van der Waals surface area contributed by atoms with Gasteiger partial charge in [-0.25, -0.2) is 0 Å². The molecule has 56 valence electrons. The second kappa shape index (κ2) is 2.47. The fourth-order valence-electron chi connectivity index (χ4n) is 0.544. The molecule has 5 heteroatoms. The average Bonchev–Trinajstić information content (AvgIpc) is 2.13. The molecule has 0 fully saturated rings. The zero-order valence-corrected chi connectivity index (χ0v) is 5.50. The maximum atomic E-state index is 8.83. The van der Waals surface area contributed by atoms with Crippen molar-refractivity contribution in [2.24, 2.45) is 0 Å². The number of nitrogens with two attached hydrogens (primary N) is 1. The summed E-state index contributed by atoms with van der Waals surface area (Å²) in [5.74, 6) is -0.334. The summed E-state index contributed by atoms with van der Waals surface area (Å²) in [5, 5.41) is 8.83. The Morgan fingerprint density at radius 3 is 2.90 bits per heavy atom. The maximum Gasteiger partial charge on any atom is 0.350 e. The zero-order chi connectivity index (χ0) is 7.56. The fourth-order valence-corrected chi connectivity index (χ4v) is 0.544. The smallest absolute Gasteiger partial charge is 0.350 e. The van der Waals surface area contributed by atoms with Crippen molar-refractivity contribution in [3.05, 3.63) is 0 Å². The Morgan fingerprint density at radius 1 is 1.80 bits per heavy atom. The Morgan fingerprint density at radius 2 is 2.50 bits per heavy atom. The monoisotopic (exact) mass is 144 g/mol. The molecule has 3 N–H and O–H groups in total. The fraction of sp³-hybridized carbons (Fsp3) is 0.400. The molecule has 0 saturated heterocycles. The van der Waals surface area contributed by atoms with E-state index in [1.54, 1.807) is 6.92 Å². The molecular formula is C5H8N2O3. The Bertz CT molecular complexity index is 221. The molecule has 0 unspecified atom stereocenters. The third kappa shape index (κ3) is 1.12. The van der Waals surface area contributed by atoms with Crippen LogP contribution in [-0.2, 0) is 0 Å². The molecule has 0 radical (unpaired) electrons. The highest BCUT2D eigenvalue weighted by Gasteiger charge is 2.09. The first-order valence-electron chi connectivity index (χ1n) is 2.82. The van der Waals surface area contributed by atoms with E-state index >= 15 is 0 Å². The average molecular weight is 144 g/mol. The lowest BCUT2D eigenvalue weighted by molar-refractivity contribution is 0.276. The van der Waals surface area contributed by atoms with Crippen LogP contribution in [0.3, 0.4) is 0 Å². The van der Waals surface area contributed by atoms with Gasteiger partial charge in [-0.15, -0.1) is 0 Å². The zero-order valence-electron chi connectivity index (χ0n) is 5.50. The van der Waals surface area contributed by atoms with Crippen LogP contribution >= 0.6 is 0 Å². The van der Waals surface area contributed by atoms with Crippen LogP contribution in [0.4, 0.5) is 6.01 Å². The number of nitrogens with zero attached hydrogens (tertiary/aromatic N) is 1. The van der Waals surface area contributed by atoms with Crippen molar-refractivity contribution >= 4 is 6.01 Å². The third-order valence-electron chi connectivity index (χ3n) is 0.877. The van der Waals surface area contributed by atoms with Crippen molar-refractivity contribution in [1.29, 1.82) is 0 Å². The number of nitrogen functional groups attached to an aromatic ring is 1. The number of hydrogen-bond acceptors (Lipinski definition) is 5. The van der Waals surface area contributed by atoms with Gasteiger partial charge in [-0.3, -0.25) is 0 Å². The molecule has 0 aliphatic carbocycles. The molecule has 0 aliphatic heterocycles. The van der Waals surface area contributed by atoms with Gasteiger partial charge in [0, 0.05) is 0 Å². The van der Waals surface area contributed by atoms with E-state index < -0.39 is 0 Å². The molecule has 0 bridgehead atoms. The van der Waals surface area contributed by atoms with Crippen molar-refractivity contribution in [2.45, 2.75) is 6.92 Å². The van der Waals surface area contributed by atoms with Crippen LogP contribution in [0.2, 0.25) is 0 Å². The number of aromatic nitrogens is 1. The summed E-state index contributed by atoms with van der Waals surface area (Å²) in [7, 11) is 0. The van der Waals surface area contributed by atoms with Crippen LogP contribution < -0.4 is 10.5 Å². The normalized spacial score (nSPS) is 9.70. The molecule has 0 aliphatic rings. The summed E-state index contributed by atoms with van der Waals surface area (Å²) < 4.78 is 9.29. The first kappa shape index (κ1) is 6.73. The van der Waals surface area contributed by atoms with Crippen LogP contribution in [0, 0.1) is 0 Å². The molecular weight excluding hydrogens is 136 g/mol. The van der Waals surface area contributed by atoms with Gasteiger partial charge in [0.05, 0.1) is 6.61 Å². The summed E-state index contributed by atoms with van der Waals surface area (Å²) >= 11 is 0. The van der Waals surface area contributed by atoms with Crippen LogP contribution in [0.5, 0.6) is 11.8 Å². The lowest BCUT2D eigenvalue weighted by atomic mass is 10.8. The predicted octanol–water partition coefficient (Wildman–Crippen LogP) is 0.361. The van der Waals surface area contributed by atoms with Crippen molar-refractivity contribution in [2.75, 3.05) is 12.3 Å². The molecule has 0 atom stereocenters. The topological polar surface area (TPSA) is 81.5 Å². The molecule has 0 aromatic carbocycles. The van der Waals surface area contributed by atoms with Gasteiger partial charge in [0.15, 0.2) is 0 Å². The molecule has 0 saturated carbocycles. The third-order valence-corrected chi connectivity index (χ3v) is 0.877. The van der Waals surface area contributed by atoms with E-state index in [1.165, 1.54) is 0 Å². The lowest BCUT2D eigenvalue weighted by Crippen LogP contribution is -1.92. The molecule has 5 nitrogen and oxygen atoms in total. The minimum absolute atomic E-state index is 0.0417. The van der Waals surface area contributed by atoms with E-state index in [1.807, 2.05) is 0 Å². The SMILES string of the molecule is CCOc1nc(N)oc1O. The van der Waals surface area contributed by atoms with Crippen LogP contribution in [-0.4, -0.2) is 16.7 Å². The molecule has 0 spiro atoms. The summed E-state index contributed by atoms with van der Waals surface area (Å²) in [4.78, 5) is 3.54. The Balaban J connectivity index is 2.81. The van der Waals surface area contributed by atoms with Gasteiger partial charge >= 0.3 is 11.8 Å². The number of hydrogen-bond donors (Lipinski definition) is 2. The second-order valence-electron chi connectivity index (χ2n) is 1.60. The molecule has 0 amide bonds. The molecule has 1 aromatic heterocycles. The van der Waals surface area contributed by atoms with Crippen molar-refractivity contribution in [1.82, 2.24) is 4.98 Å². The Hall–Kier alpha value is -1.39. The predicted molar refractivity (Wildman–Crippen MR) is 33.7 cm³/mol. The lowest BCUT2D eigenvalue weighted by Gasteiger charge is -1.93. The highest BCUT2D eigenvalue weighted by atomic mass is 16.5. The van der Waals surface area contributed by atoms with Gasteiger partial charge < -0.3 is 20.0 Å². The van der Waals surface area contributed by atoms with Gasteiger partial charge in [0.1, 0.15) is 0 Å². The van der Waals surface area contributed by atoms with Crippen LogP contribution in [0.25, 0.3) is 0 Å². The van der Waals surface area contributed by atoms with Gasteiger partial charge in [0.2, 0.25) is 0 Å². The molecule has 1 aromatic rings. The van der Waals surface area contributed by atoms with Crippen LogP contribution in [0.15, 0.2) is 4.42 Å². The summed E-state index contributed by atoms with van der Waals surface area (Å²) in [6.07, 6.45) is 0. The van der Waals surface area contributed by atoms with Gasteiger partial charge in [-0.2, -0.15) is 4.98 Å². The van der Waals surface area contributed by atoms with E-state index in [0.29, 0.717) is 6.61 Å². The first-order valence-corrected chi connectivity index (χ1v) is 2.82. The summed E-state index contributed by atoms with van der Waals surface area (Å²) in [6, 6.07) is -0.0963. The standard InChI is InChI=1S/C5H8N2O3/c1-2-9-3-4(8)10-5(6)7-3/h8H,2H2,1H3,(H2,6,7). The van der Waals surface area contributed by atoms with E-state index in [-0.39, 0.29) is 17.8 Å². The van der Waals surface area contributed by atoms with Gasteiger partial charge in [-0.05, 0) is 6.92 Å². The maximum absolute atomic E-state index is 8.83. The quantitative estimate of drug-likeness (QED) is 0.626. The highest BCUT2D eigenvalue weighted by molar-refractivity contribution is 5.28. The summed E-state index contributed by atoms with van der Waals surface area (Å²) in [6.45, 7) is 2.18.